The molecule has 3 rings (SSSR count). The summed E-state index contributed by atoms with van der Waals surface area (Å²) in [6.45, 7) is 1.96. The topological polar surface area (TPSA) is 94.9 Å². The van der Waals surface area contributed by atoms with Crippen molar-refractivity contribution in [3.8, 4) is 0 Å². The number of carbonyl (C=O) groups is 3. The van der Waals surface area contributed by atoms with E-state index in [0.29, 0.717) is 4.91 Å². The van der Waals surface area contributed by atoms with E-state index in [2.05, 4.69) is 0 Å². The van der Waals surface area contributed by atoms with Crippen molar-refractivity contribution in [1.82, 2.24) is 0 Å². The maximum Gasteiger partial charge on any atom is 0.335 e. The van der Waals surface area contributed by atoms with Crippen molar-refractivity contribution in [3.05, 3.63) is 69.6 Å². The molecule has 1 saturated heterocycles. The SMILES string of the molecule is Cc1ccc(/C=C2\SC(=S)N(c3cc(C(=O)O)cc(C(=O)O)c3)C2=O)cc1. The van der Waals surface area contributed by atoms with Gasteiger partial charge in [0.1, 0.15) is 0 Å². The molecule has 0 saturated carbocycles. The summed E-state index contributed by atoms with van der Waals surface area (Å²) in [7, 11) is 0. The summed E-state index contributed by atoms with van der Waals surface area (Å²) in [5.74, 6) is -3.01. The minimum absolute atomic E-state index is 0.113. The minimum Gasteiger partial charge on any atom is -0.478 e. The maximum atomic E-state index is 12.8. The number of carboxylic acid groups (broad SMARTS) is 2. The van der Waals surface area contributed by atoms with E-state index in [0.717, 1.165) is 33.9 Å². The fourth-order valence-corrected chi connectivity index (χ4v) is 3.79. The zero-order valence-corrected chi connectivity index (χ0v) is 15.6. The standard InChI is InChI=1S/C19H13NO5S2/c1-10-2-4-11(5-3-10)6-15-16(21)20(19(26)27-15)14-8-12(17(22)23)7-13(9-14)18(24)25/h2-9H,1H3,(H,22,23)(H,24,25)/b15-6-. The summed E-state index contributed by atoms with van der Waals surface area (Å²) in [6, 6.07) is 11.1. The summed E-state index contributed by atoms with van der Waals surface area (Å²) in [5.41, 5.74) is 1.56. The Balaban J connectivity index is 2.01. The van der Waals surface area contributed by atoms with E-state index < -0.39 is 17.8 Å². The Morgan fingerprint density at radius 3 is 2.11 bits per heavy atom. The highest BCUT2D eigenvalue weighted by atomic mass is 32.2. The Morgan fingerprint density at radius 2 is 1.59 bits per heavy atom. The summed E-state index contributed by atoms with van der Waals surface area (Å²) in [6.07, 6.45) is 1.69. The summed E-state index contributed by atoms with van der Waals surface area (Å²) < 4.78 is 0.206. The fraction of sp³-hybridized carbons (Fsp3) is 0.0526. The van der Waals surface area contributed by atoms with Crippen LogP contribution in [-0.4, -0.2) is 32.4 Å². The molecular formula is C19H13NO5S2. The quantitative estimate of drug-likeness (QED) is 0.596. The van der Waals surface area contributed by atoms with Crippen LogP contribution in [0.1, 0.15) is 31.8 Å². The normalized spacial score (nSPS) is 15.4. The highest BCUT2D eigenvalue weighted by Crippen LogP contribution is 2.36. The zero-order valence-electron chi connectivity index (χ0n) is 14.0. The Kier molecular flexibility index (Phi) is 5.11. The monoisotopic (exact) mass is 399 g/mol. The molecule has 27 heavy (non-hydrogen) atoms. The first-order valence-corrected chi connectivity index (χ1v) is 8.95. The lowest BCUT2D eigenvalue weighted by atomic mass is 10.1. The predicted molar refractivity (Wildman–Crippen MR) is 107 cm³/mol. The molecule has 2 aromatic carbocycles. The second-order valence-corrected chi connectivity index (χ2v) is 7.48. The van der Waals surface area contributed by atoms with E-state index in [1.54, 1.807) is 6.08 Å². The molecule has 136 valence electrons. The Labute approximate surface area is 164 Å². The number of amides is 1. The summed E-state index contributed by atoms with van der Waals surface area (Å²) >= 11 is 6.34. The lowest BCUT2D eigenvalue weighted by Crippen LogP contribution is -2.28. The Morgan fingerprint density at radius 1 is 1.04 bits per heavy atom. The number of thiocarbonyl (C=S) groups is 1. The molecule has 0 bridgehead atoms. The van der Waals surface area contributed by atoms with Crippen LogP contribution in [0.25, 0.3) is 6.08 Å². The molecule has 0 spiro atoms. The number of hydrogen-bond acceptors (Lipinski definition) is 5. The third-order valence-electron chi connectivity index (χ3n) is 3.84. The van der Waals surface area contributed by atoms with E-state index in [-0.39, 0.29) is 21.1 Å². The van der Waals surface area contributed by atoms with Crippen molar-refractivity contribution in [1.29, 1.82) is 0 Å². The van der Waals surface area contributed by atoms with Gasteiger partial charge in [-0.2, -0.15) is 0 Å². The van der Waals surface area contributed by atoms with Crippen LogP contribution in [0.3, 0.4) is 0 Å². The first-order valence-electron chi connectivity index (χ1n) is 7.72. The van der Waals surface area contributed by atoms with Gasteiger partial charge < -0.3 is 10.2 Å². The first kappa shape index (κ1) is 18.8. The predicted octanol–water partition coefficient (Wildman–Crippen LogP) is 3.80. The van der Waals surface area contributed by atoms with Gasteiger partial charge in [-0.3, -0.25) is 9.69 Å². The average Bonchev–Trinajstić information content (AvgIpc) is 2.90. The van der Waals surface area contributed by atoms with Crippen LogP contribution in [0.5, 0.6) is 0 Å². The molecule has 1 fully saturated rings. The summed E-state index contributed by atoms with van der Waals surface area (Å²) in [4.78, 5) is 36.9. The molecule has 0 radical (unpaired) electrons. The van der Waals surface area contributed by atoms with Crippen molar-refractivity contribution in [2.45, 2.75) is 6.92 Å². The van der Waals surface area contributed by atoms with Gasteiger partial charge in [0, 0.05) is 0 Å². The Hall–Kier alpha value is -2.97. The number of benzene rings is 2. The number of anilines is 1. The second kappa shape index (κ2) is 7.34. The van der Waals surface area contributed by atoms with Crippen LogP contribution < -0.4 is 4.90 Å². The number of rotatable bonds is 4. The first-order chi connectivity index (χ1) is 12.8. The lowest BCUT2D eigenvalue weighted by Gasteiger charge is -2.16. The maximum absolute atomic E-state index is 12.8. The molecule has 1 amide bonds. The number of carbonyl (C=O) groups excluding carboxylic acids is 1. The molecule has 1 aliphatic heterocycles. The van der Waals surface area contributed by atoms with Crippen molar-refractivity contribution in [2.75, 3.05) is 4.90 Å². The van der Waals surface area contributed by atoms with Crippen LogP contribution in [0.2, 0.25) is 0 Å². The van der Waals surface area contributed by atoms with Crippen LogP contribution >= 0.6 is 24.0 Å². The smallest absolute Gasteiger partial charge is 0.335 e. The molecule has 8 heteroatoms. The van der Waals surface area contributed by atoms with E-state index in [1.165, 1.54) is 12.1 Å². The molecule has 0 atom stereocenters. The van der Waals surface area contributed by atoms with Crippen molar-refractivity contribution in [3.63, 3.8) is 0 Å². The van der Waals surface area contributed by atoms with Crippen molar-refractivity contribution in [2.24, 2.45) is 0 Å². The molecular weight excluding hydrogens is 386 g/mol. The van der Waals surface area contributed by atoms with Gasteiger partial charge in [-0.15, -0.1) is 0 Å². The largest absolute Gasteiger partial charge is 0.478 e. The summed E-state index contributed by atoms with van der Waals surface area (Å²) in [5, 5.41) is 18.4. The van der Waals surface area contributed by atoms with Crippen LogP contribution in [0, 0.1) is 6.92 Å². The van der Waals surface area contributed by atoms with Crippen LogP contribution in [0.4, 0.5) is 5.69 Å². The molecule has 2 aromatic rings. The van der Waals surface area contributed by atoms with Gasteiger partial charge in [0.2, 0.25) is 0 Å². The van der Waals surface area contributed by atoms with Crippen molar-refractivity contribution < 1.29 is 24.6 Å². The van der Waals surface area contributed by atoms with Gasteiger partial charge in [-0.25, -0.2) is 9.59 Å². The number of nitrogens with zero attached hydrogens (tertiary/aromatic N) is 1. The van der Waals surface area contributed by atoms with E-state index in [9.17, 15) is 24.6 Å². The highest BCUT2D eigenvalue weighted by Gasteiger charge is 2.34. The number of carboxylic acids is 2. The average molecular weight is 399 g/mol. The van der Waals surface area contributed by atoms with Crippen molar-refractivity contribution >= 4 is 57.9 Å². The fourth-order valence-electron chi connectivity index (χ4n) is 2.49. The van der Waals surface area contributed by atoms with E-state index >= 15 is 0 Å². The Bertz CT molecular complexity index is 979. The van der Waals surface area contributed by atoms with Gasteiger partial charge in [-0.05, 0) is 36.8 Å². The zero-order chi connectivity index (χ0) is 19.7. The van der Waals surface area contributed by atoms with Gasteiger partial charge in [-0.1, -0.05) is 53.8 Å². The number of thioether (sulfide) groups is 1. The number of hydrogen-bond donors (Lipinski definition) is 2. The van der Waals surface area contributed by atoms with E-state index in [4.69, 9.17) is 12.2 Å². The van der Waals surface area contributed by atoms with Gasteiger partial charge >= 0.3 is 11.9 Å². The third kappa shape index (κ3) is 3.91. The number of aryl methyl sites for hydroxylation is 1. The van der Waals surface area contributed by atoms with Crippen LogP contribution in [-0.2, 0) is 4.79 Å². The minimum atomic E-state index is -1.29. The van der Waals surface area contributed by atoms with Gasteiger partial charge in [0.05, 0.1) is 21.7 Å². The molecule has 6 nitrogen and oxygen atoms in total. The molecule has 2 N–H and O–H groups in total. The molecule has 0 aliphatic carbocycles. The van der Waals surface area contributed by atoms with Gasteiger partial charge in [0.15, 0.2) is 4.32 Å². The van der Waals surface area contributed by atoms with Gasteiger partial charge in [0.25, 0.3) is 5.91 Å². The molecule has 1 aliphatic rings. The molecule has 0 aromatic heterocycles. The van der Waals surface area contributed by atoms with E-state index in [1.807, 2.05) is 31.2 Å². The molecule has 1 heterocycles. The second-order valence-electron chi connectivity index (χ2n) is 5.81. The highest BCUT2D eigenvalue weighted by molar-refractivity contribution is 8.27. The molecule has 0 unspecified atom stereocenters. The third-order valence-corrected chi connectivity index (χ3v) is 5.14. The van der Waals surface area contributed by atoms with Crippen LogP contribution in [0.15, 0.2) is 47.4 Å². The number of aromatic carboxylic acids is 2. The lowest BCUT2D eigenvalue weighted by molar-refractivity contribution is -0.113.